The minimum atomic E-state index is 0.282. The molecule has 2 aromatic heterocycles. The van der Waals surface area contributed by atoms with Gasteiger partial charge in [0.2, 0.25) is 5.76 Å². The van der Waals surface area contributed by atoms with E-state index in [4.69, 9.17) is 8.94 Å². The Morgan fingerprint density at radius 3 is 2.77 bits per heavy atom. The average Bonchev–Trinajstić information content (AvgIpc) is 2.71. The van der Waals surface area contributed by atoms with Gasteiger partial charge in [0.05, 0.1) is 5.69 Å². The number of hydrogen-bond acceptors (Lipinski definition) is 4. The van der Waals surface area contributed by atoms with E-state index in [0.29, 0.717) is 17.8 Å². The number of hydrogen-bond donors (Lipinski definition) is 0. The molecule has 2 aromatic rings. The zero-order chi connectivity index (χ0) is 9.26. The highest BCUT2D eigenvalue weighted by atomic mass is 16.5. The quantitative estimate of drug-likeness (QED) is 0.659. The average molecular weight is 177 g/mol. The molecule has 0 saturated heterocycles. The van der Waals surface area contributed by atoms with Crippen LogP contribution < -0.4 is 0 Å². The van der Waals surface area contributed by atoms with E-state index in [9.17, 15) is 4.79 Å². The molecule has 2 heterocycles. The molecule has 13 heavy (non-hydrogen) atoms. The van der Waals surface area contributed by atoms with Crippen LogP contribution in [-0.4, -0.2) is 11.4 Å². The molecule has 2 rings (SSSR count). The van der Waals surface area contributed by atoms with Crippen LogP contribution in [0.2, 0.25) is 0 Å². The van der Waals surface area contributed by atoms with Crippen molar-refractivity contribution in [3.8, 4) is 11.5 Å². The number of furan rings is 1. The lowest BCUT2D eigenvalue weighted by molar-refractivity contribution is 0.110. The summed E-state index contributed by atoms with van der Waals surface area (Å²) in [5, 5.41) is 3.70. The first kappa shape index (κ1) is 7.79. The molecule has 4 nitrogen and oxygen atoms in total. The number of carbonyl (C=O) groups is 1. The molecule has 0 aliphatic carbocycles. The van der Waals surface area contributed by atoms with Gasteiger partial charge in [-0.05, 0) is 19.1 Å². The van der Waals surface area contributed by atoms with Crippen molar-refractivity contribution >= 4 is 6.29 Å². The Morgan fingerprint density at radius 2 is 2.23 bits per heavy atom. The molecule has 0 N–H and O–H groups in total. The van der Waals surface area contributed by atoms with Crippen molar-refractivity contribution in [3.63, 3.8) is 0 Å². The second-order valence-corrected chi connectivity index (χ2v) is 2.65. The van der Waals surface area contributed by atoms with Gasteiger partial charge < -0.3 is 8.94 Å². The standard InChI is InChI=1S/C9H7NO3/c1-6-4-9(13-10-6)8-3-2-7(5-11)12-8/h2-5H,1H3. The highest BCUT2D eigenvalue weighted by Crippen LogP contribution is 2.21. The highest BCUT2D eigenvalue weighted by Gasteiger charge is 2.08. The fourth-order valence-electron chi connectivity index (χ4n) is 1.03. The van der Waals surface area contributed by atoms with Crippen molar-refractivity contribution in [2.75, 3.05) is 0 Å². The number of rotatable bonds is 2. The zero-order valence-corrected chi connectivity index (χ0v) is 6.98. The van der Waals surface area contributed by atoms with E-state index < -0.39 is 0 Å². The van der Waals surface area contributed by atoms with Crippen molar-refractivity contribution in [2.24, 2.45) is 0 Å². The first-order chi connectivity index (χ1) is 6.29. The Labute approximate surface area is 74.1 Å². The van der Waals surface area contributed by atoms with Gasteiger partial charge in [-0.3, -0.25) is 4.79 Å². The summed E-state index contributed by atoms with van der Waals surface area (Å²) in [6.45, 7) is 1.82. The Hall–Kier alpha value is -1.84. The van der Waals surface area contributed by atoms with Crippen molar-refractivity contribution in [1.82, 2.24) is 5.16 Å². The number of aryl methyl sites for hydroxylation is 1. The molecule has 66 valence electrons. The minimum absolute atomic E-state index is 0.282. The van der Waals surface area contributed by atoms with E-state index in [2.05, 4.69) is 5.16 Å². The third kappa shape index (κ3) is 1.38. The summed E-state index contributed by atoms with van der Waals surface area (Å²) in [6.07, 6.45) is 0.646. The van der Waals surface area contributed by atoms with E-state index in [-0.39, 0.29) is 5.76 Å². The van der Waals surface area contributed by atoms with Crippen LogP contribution in [-0.2, 0) is 0 Å². The van der Waals surface area contributed by atoms with Crippen LogP contribution in [0, 0.1) is 6.92 Å². The Bertz CT molecular complexity index is 428. The van der Waals surface area contributed by atoms with E-state index in [0.717, 1.165) is 5.69 Å². The molecule has 0 aliphatic rings. The molecule has 0 radical (unpaired) electrons. The molecule has 4 heteroatoms. The van der Waals surface area contributed by atoms with Gasteiger partial charge in [0, 0.05) is 6.07 Å². The summed E-state index contributed by atoms with van der Waals surface area (Å²) in [6, 6.07) is 5.00. The Morgan fingerprint density at radius 1 is 1.38 bits per heavy atom. The third-order valence-electron chi connectivity index (χ3n) is 1.61. The van der Waals surface area contributed by atoms with Crippen LogP contribution >= 0.6 is 0 Å². The minimum Gasteiger partial charge on any atom is -0.450 e. The van der Waals surface area contributed by atoms with E-state index in [1.54, 1.807) is 18.2 Å². The first-order valence-electron chi connectivity index (χ1n) is 3.78. The summed E-state index contributed by atoms with van der Waals surface area (Å²) in [5.41, 5.74) is 0.777. The topological polar surface area (TPSA) is 56.2 Å². The SMILES string of the molecule is Cc1cc(-c2ccc(C=O)o2)on1. The van der Waals surface area contributed by atoms with E-state index >= 15 is 0 Å². The second kappa shape index (κ2) is 2.90. The maximum Gasteiger partial charge on any atom is 0.202 e. The zero-order valence-electron chi connectivity index (χ0n) is 6.98. The summed E-state index contributed by atoms with van der Waals surface area (Å²) in [5.74, 6) is 1.33. The van der Waals surface area contributed by atoms with Gasteiger partial charge in [-0.25, -0.2) is 0 Å². The second-order valence-electron chi connectivity index (χ2n) is 2.65. The number of aromatic nitrogens is 1. The Balaban J connectivity index is 2.40. The summed E-state index contributed by atoms with van der Waals surface area (Å²) < 4.78 is 10.1. The van der Waals surface area contributed by atoms with Gasteiger partial charge in [0.1, 0.15) is 0 Å². The number of carbonyl (C=O) groups excluding carboxylic acids is 1. The normalized spacial score (nSPS) is 10.2. The molecule has 0 amide bonds. The van der Waals surface area contributed by atoms with Crippen molar-refractivity contribution in [2.45, 2.75) is 6.92 Å². The molecule has 0 saturated carbocycles. The molecule has 0 bridgehead atoms. The first-order valence-corrected chi connectivity index (χ1v) is 3.78. The Kier molecular flexibility index (Phi) is 1.73. The van der Waals surface area contributed by atoms with Crippen LogP contribution in [0.4, 0.5) is 0 Å². The van der Waals surface area contributed by atoms with Crippen LogP contribution in [0.25, 0.3) is 11.5 Å². The predicted molar refractivity (Wildman–Crippen MR) is 44.3 cm³/mol. The van der Waals surface area contributed by atoms with Crippen molar-refractivity contribution in [3.05, 3.63) is 29.7 Å². The van der Waals surface area contributed by atoms with E-state index in [1.165, 1.54) is 0 Å². The predicted octanol–water partition coefficient (Wildman–Crippen LogP) is 2.06. The summed E-state index contributed by atoms with van der Waals surface area (Å²) in [4.78, 5) is 10.3. The van der Waals surface area contributed by atoms with Gasteiger partial charge >= 0.3 is 0 Å². The number of aldehydes is 1. The molecular formula is C9H7NO3. The van der Waals surface area contributed by atoms with Gasteiger partial charge in [0.25, 0.3) is 0 Å². The van der Waals surface area contributed by atoms with Crippen LogP contribution in [0.15, 0.2) is 27.1 Å². The van der Waals surface area contributed by atoms with Crippen LogP contribution in [0.1, 0.15) is 16.2 Å². The largest absolute Gasteiger partial charge is 0.450 e. The molecular weight excluding hydrogens is 170 g/mol. The van der Waals surface area contributed by atoms with Crippen LogP contribution in [0.5, 0.6) is 0 Å². The monoisotopic (exact) mass is 177 g/mol. The van der Waals surface area contributed by atoms with E-state index in [1.807, 2.05) is 6.92 Å². The molecule has 0 unspecified atom stereocenters. The van der Waals surface area contributed by atoms with Gasteiger partial charge in [-0.15, -0.1) is 0 Å². The summed E-state index contributed by atoms with van der Waals surface area (Å²) in [7, 11) is 0. The highest BCUT2D eigenvalue weighted by molar-refractivity contribution is 5.72. The molecule has 0 spiro atoms. The summed E-state index contributed by atoms with van der Waals surface area (Å²) >= 11 is 0. The maximum atomic E-state index is 10.3. The lowest BCUT2D eigenvalue weighted by atomic mass is 10.3. The maximum absolute atomic E-state index is 10.3. The molecule has 0 aromatic carbocycles. The van der Waals surface area contributed by atoms with Gasteiger partial charge in [-0.1, -0.05) is 5.16 Å². The van der Waals surface area contributed by atoms with Crippen molar-refractivity contribution < 1.29 is 13.7 Å². The fourth-order valence-corrected chi connectivity index (χ4v) is 1.03. The lowest BCUT2D eigenvalue weighted by Crippen LogP contribution is -1.68. The fraction of sp³-hybridized carbons (Fsp3) is 0.111. The number of nitrogens with zero attached hydrogens (tertiary/aromatic N) is 1. The lowest BCUT2D eigenvalue weighted by Gasteiger charge is -1.84. The van der Waals surface area contributed by atoms with Gasteiger partial charge in [-0.2, -0.15) is 0 Å². The molecule has 0 aliphatic heterocycles. The van der Waals surface area contributed by atoms with Gasteiger partial charge in [0.15, 0.2) is 17.8 Å². The third-order valence-corrected chi connectivity index (χ3v) is 1.61. The smallest absolute Gasteiger partial charge is 0.202 e. The van der Waals surface area contributed by atoms with Crippen molar-refractivity contribution in [1.29, 1.82) is 0 Å². The molecule has 0 fully saturated rings. The molecule has 0 atom stereocenters. The van der Waals surface area contributed by atoms with Crippen LogP contribution in [0.3, 0.4) is 0 Å².